The van der Waals surface area contributed by atoms with Crippen molar-refractivity contribution in [3.05, 3.63) is 82.9 Å². The first kappa shape index (κ1) is 19.4. The highest BCUT2D eigenvalue weighted by atomic mass is 16.5. The van der Waals surface area contributed by atoms with Crippen LogP contribution in [0.4, 0.5) is 21.9 Å². The van der Waals surface area contributed by atoms with E-state index in [1.54, 1.807) is 36.5 Å². The van der Waals surface area contributed by atoms with Crippen molar-refractivity contribution in [1.29, 1.82) is 0 Å². The minimum Gasteiger partial charge on any atom is -0.481 e. The predicted octanol–water partition coefficient (Wildman–Crippen LogP) is 3.43. The number of H-pyrrole nitrogens is 2. The maximum atomic E-state index is 12.4. The number of pyridine rings is 1. The van der Waals surface area contributed by atoms with Crippen LogP contribution in [0.2, 0.25) is 0 Å². The Morgan fingerprint density at radius 2 is 1.78 bits per heavy atom. The Labute approximate surface area is 182 Å². The normalized spacial score (nSPS) is 12.9. The molecule has 0 saturated heterocycles. The lowest BCUT2D eigenvalue weighted by molar-refractivity contribution is -0.121. The molecule has 0 aliphatic carbocycles. The summed E-state index contributed by atoms with van der Waals surface area (Å²) < 4.78 is 5.56. The first-order valence-corrected chi connectivity index (χ1v) is 9.96. The van der Waals surface area contributed by atoms with Crippen LogP contribution in [0.3, 0.4) is 0 Å². The van der Waals surface area contributed by atoms with Crippen molar-refractivity contribution < 1.29 is 14.3 Å². The number of fused-ring (bicyclic) bond motifs is 2. The van der Waals surface area contributed by atoms with Gasteiger partial charge in [0.05, 0.1) is 12.2 Å². The Morgan fingerprint density at radius 3 is 2.62 bits per heavy atom. The summed E-state index contributed by atoms with van der Waals surface area (Å²) in [7, 11) is 0. The summed E-state index contributed by atoms with van der Waals surface area (Å²) in [5.41, 5.74) is 2.83. The van der Waals surface area contributed by atoms with E-state index in [0.29, 0.717) is 28.4 Å². The zero-order valence-corrected chi connectivity index (χ0v) is 16.8. The molecule has 0 unspecified atom stereocenters. The van der Waals surface area contributed by atoms with Crippen molar-refractivity contribution in [2.24, 2.45) is 0 Å². The van der Waals surface area contributed by atoms with E-state index < -0.39 is 6.03 Å². The van der Waals surface area contributed by atoms with E-state index in [2.05, 4.69) is 20.6 Å². The molecule has 1 aliphatic rings. The van der Waals surface area contributed by atoms with Crippen LogP contribution in [0.15, 0.2) is 71.8 Å². The van der Waals surface area contributed by atoms with Crippen LogP contribution < -0.4 is 25.8 Å². The molecule has 2 aromatic heterocycles. The fourth-order valence-electron chi connectivity index (χ4n) is 3.63. The van der Waals surface area contributed by atoms with Crippen LogP contribution in [0.1, 0.15) is 5.56 Å². The Kier molecular flexibility index (Phi) is 4.83. The first-order valence-electron chi connectivity index (χ1n) is 9.96. The van der Waals surface area contributed by atoms with Crippen LogP contribution in [0.5, 0.6) is 5.75 Å². The molecule has 9 heteroatoms. The number of hydrogen-bond donors (Lipinski definition) is 4. The second-order valence-electron chi connectivity index (χ2n) is 7.33. The highest BCUT2D eigenvalue weighted by Crippen LogP contribution is 2.35. The summed E-state index contributed by atoms with van der Waals surface area (Å²) in [6.45, 7) is -0.0244. The molecule has 0 bridgehead atoms. The number of urea groups is 1. The van der Waals surface area contributed by atoms with Gasteiger partial charge in [-0.15, -0.1) is 0 Å². The summed E-state index contributed by atoms with van der Waals surface area (Å²) in [5, 5.41) is 6.62. The molecule has 0 atom stereocenters. The summed E-state index contributed by atoms with van der Waals surface area (Å²) in [5.74, 6) is 0.196. The molecule has 4 aromatic rings. The van der Waals surface area contributed by atoms with E-state index in [1.807, 2.05) is 30.5 Å². The number of nitrogens with zero attached hydrogens (tertiary/aromatic N) is 1. The first-order chi connectivity index (χ1) is 15.6. The molecule has 5 rings (SSSR count). The van der Waals surface area contributed by atoms with Crippen molar-refractivity contribution in [3.63, 3.8) is 0 Å². The molecule has 3 heterocycles. The van der Waals surface area contributed by atoms with Crippen LogP contribution in [0.25, 0.3) is 10.9 Å². The third-order valence-electron chi connectivity index (χ3n) is 5.20. The van der Waals surface area contributed by atoms with Gasteiger partial charge in [0.25, 0.3) is 11.5 Å². The molecule has 32 heavy (non-hydrogen) atoms. The average Bonchev–Trinajstić information content (AvgIpc) is 3.25. The van der Waals surface area contributed by atoms with Crippen molar-refractivity contribution in [2.45, 2.75) is 6.54 Å². The summed E-state index contributed by atoms with van der Waals surface area (Å²) in [6.07, 6.45) is 3.38. The maximum Gasteiger partial charge on any atom is 0.323 e. The lowest BCUT2D eigenvalue weighted by Crippen LogP contribution is -2.39. The molecular weight excluding hydrogens is 410 g/mol. The van der Waals surface area contributed by atoms with Gasteiger partial charge in [0, 0.05) is 40.9 Å². The topological polar surface area (TPSA) is 119 Å². The smallest absolute Gasteiger partial charge is 0.323 e. The van der Waals surface area contributed by atoms with E-state index in [-0.39, 0.29) is 24.6 Å². The number of hydrogen-bond acceptors (Lipinski definition) is 4. The van der Waals surface area contributed by atoms with Gasteiger partial charge in [-0.1, -0.05) is 12.1 Å². The van der Waals surface area contributed by atoms with Gasteiger partial charge in [0.2, 0.25) is 0 Å². The van der Waals surface area contributed by atoms with Gasteiger partial charge in [0.15, 0.2) is 6.61 Å². The number of ether oxygens (including phenoxy) is 1. The largest absolute Gasteiger partial charge is 0.481 e. The van der Waals surface area contributed by atoms with Gasteiger partial charge in [-0.25, -0.2) is 4.79 Å². The number of amides is 3. The van der Waals surface area contributed by atoms with Crippen molar-refractivity contribution in [3.8, 4) is 5.75 Å². The predicted molar refractivity (Wildman–Crippen MR) is 121 cm³/mol. The van der Waals surface area contributed by atoms with E-state index in [4.69, 9.17) is 4.74 Å². The number of aromatic amines is 2. The average molecular weight is 429 g/mol. The monoisotopic (exact) mass is 429 g/mol. The van der Waals surface area contributed by atoms with E-state index in [9.17, 15) is 14.4 Å². The Bertz CT molecular complexity index is 1390. The molecule has 2 aromatic carbocycles. The van der Waals surface area contributed by atoms with E-state index >= 15 is 0 Å². The second-order valence-corrected chi connectivity index (χ2v) is 7.33. The zero-order chi connectivity index (χ0) is 22.1. The summed E-state index contributed by atoms with van der Waals surface area (Å²) in [6, 6.07) is 15.5. The summed E-state index contributed by atoms with van der Waals surface area (Å²) >= 11 is 0. The Morgan fingerprint density at radius 1 is 0.969 bits per heavy atom. The third-order valence-corrected chi connectivity index (χ3v) is 5.20. The fourth-order valence-corrected chi connectivity index (χ4v) is 3.63. The third kappa shape index (κ3) is 3.79. The molecule has 9 nitrogen and oxygen atoms in total. The number of benzene rings is 2. The Hall–Kier alpha value is -4.53. The van der Waals surface area contributed by atoms with Gasteiger partial charge < -0.3 is 30.2 Å². The Balaban J connectivity index is 1.32. The molecule has 0 radical (unpaired) electrons. The van der Waals surface area contributed by atoms with Gasteiger partial charge in [0.1, 0.15) is 5.75 Å². The molecule has 0 fully saturated rings. The number of nitrogens with one attached hydrogen (secondary N) is 4. The quantitative estimate of drug-likeness (QED) is 0.397. The van der Waals surface area contributed by atoms with Gasteiger partial charge in [-0.2, -0.15) is 0 Å². The maximum absolute atomic E-state index is 12.4. The van der Waals surface area contributed by atoms with Gasteiger partial charge >= 0.3 is 6.03 Å². The number of aromatic nitrogens is 2. The molecule has 0 saturated carbocycles. The lowest BCUT2D eigenvalue weighted by atomic mass is 10.1. The van der Waals surface area contributed by atoms with Crippen molar-refractivity contribution >= 4 is 39.9 Å². The van der Waals surface area contributed by atoms with Crippen LogP contribution >= 0.6 is 0 Å². The number of carbonyl (C=O) groups excluding carboxylic acids is 2. The van der Waals surface area contributed by atoms with Crippen molar-refractivity contribution in [2.75, 3.05) is 22.1 Å². The van der Waals surface area contributed by atoms with Crippen LogP contribution in [0, 0.1) is 0 Å². The summed E-state index contributed by atoms with van der Waals surface area (Å²) in [4.78, 5) is 44.1. The minimum atomic E-state index is -0.407. The fraction of sp³-hybridized carbons (Fsp3) is 0.0870. The molecule has 1 aliphatic heterocycles. The molecule has 3 amide bonds. The number of rotatable bonds is 4. The standard InChI is InChI=1S/C23H19N5O4/c29-21-13-32-20-11-17(5-6-19(20)28(21)12-15-2-1-8-25-22(15)30)27-23(31)26-16-4-3-14-7-9-24-18(14)10-16/h1-11,24H,12-13H2,(H,25,30)(H2,26,27,31). The number of carbonyl (C=O) groups is 2. The SMILES string of the molecule is O=C(Nc1ccc2c(c1)OCC(=O)N2Cc1ccc[nH]c1=O)Nc1ccc2cc[nH]c2c1. The number of anilines is 3. The molecule has 0 spiro atoms. The molecular formula is C23H19N5O4. The molecule has 4 N–H and O–H groups in total. The van der Waals surface area contributed by atoms with Gasteiger partial charge in [-0.05, 0) is 41.8 Å². The highest BCUT2D eigenvalue weighted by Gasteiger charge is 2.26. The van der Waals surface area contributed by atoms with Crippen LogP contribution in [-0.4, -0.2) is 28.5 Å². The highest BCUT2D eigenvalue weighted by molar-refractivity contribution is 6.02. The zero-order valence-electron chi connectivity index (χ0n) is 16.8. The lowest BCUT2D eigenvalue weighted by Gasteiger charge is -2.29. The minimum absolute atomic E-state index is 0.125. The van der Waals surface area contributed by atoms with E-state index in [0.717, 1.165) is 10.9 Å². The molecule has 160 valence electrons. The van der Waals surface area contributed by atoms with E-state index in [1.165, 1.54) is 4.90 Å². The van der Waals surface area contributed by atoms with Gasteiger partial charge in [-0.3, -0.25) is 9.59 Å². The van der Waals surface area contributed by atoms with Crippen molar-refractivity contribution in [1.82, 2.24) is 9.97 Å². The second kappa shape index (κ2) is 7.95. The van der Waals surface area contributed by atoms with Crippen LogP contribution in [-0.2, 0) is 11.3 Å².